The molecule has 1 aromatic carbocycles. The van der Waals surface area contributed by atoms with Crippen LogP contribution in [0.15, 0.2) is 27.4 Å². The summed E-state index contributed by atoms with van der Waals surface area (Å²) in [4.78, 5) is 11.3. The zero-order valence-electron chi connectivity index (χ0n) is 9.31. The summed E-state index contributed by atoms with van der Waals surface area (Å²) in [5, 5.41) is 0. The molecule has 1 heterocycles. The van der Waals surface area contributed by atoms with Crippen molar-refractivity contribution in [3.05, 3.63) is 34.3 Å². The van der Waals surface area contributed by atoms with E-state index in [9.17, 15) is 4.79 Å². The van der Waals surface area contributed by atoms with E-state index in [1.54, 1.807) is 13.1 Å². The first kappa shape index (κ1) is 10.9. The van der Waals surface area contributed by atoms with Gasteiger partial charge >= 0.3 is 5.76 Å². The molecule has 0 aliphatic heterocycles. The minimum Gasteiger partial charge on any atom is -0.408 e. The first-order valence-electron chi connectivity index (χ1n) is 5.11. The molecule has 0 bridgehead atoms. The summed E-state index contributed by atoms with van der Waals surface area (Å²) in [7, 11) is 1.66. The van der Waals surface area contributed by atoms with Crippen LogP contribution in [0.5, 0.6) is 0 Å². The van der Waals surface area contributed by atoms with E-state index in [0.717, 1.165) is 11.1 Å². The van der Waals surface area contributed by atoms with Crippen molar-refractivity contribution in [2.75, 3.05) is 0 Å². The normalized spacial score (nSPS) is 15.2. The van der Waals surface area contributed by atoms with E-state index in [1.807, 2.05) is 19.1 Å². The largest absolute Gasteiger partial charge is 0.419 e. The maximum atomic E-state index is 11.3. The van der Waals surface area contributed by atoms with E-state index in [0.29, 0.717) is 5.58 Å². The molecule has 2 atom stereocenters. The average Bonchev–Trinajstić information content (AvgIpc) is 2.53. The zero-order chi connectivity index (χ0) is 11.9. The topological polar surface area (TPSA) is 87.2 Å². The molecule has 0 amide bonds. The molecule has 86 valence electrons. The van der Waals surface area contributed by atoms with E-state index in [-0.39, 0.29) is 17.8 Å². The number of hydrogen-bond donors (Lipinski definition) is 2. The second-order valence-electron chi connectivity index (χ2n) is 4.04. The summed E-state index contributed by atoms with van der Waals surface area (Å²) < 4.78 is 6.48. The fourth-order valence-electron chi connectivity index (χ4n) is 1.65. The summed E-state index contributed by atoms with van der Waals surface area (Å²) in [6.07, 6.45) is 0. The van der Waals surface area contributed by atoms with Crippen molar-refractivity contribution in [2.45, 2.75) is 19.0 Å². The SMILES string of the molecule is CC(N)C(N)c1ccc2oc(=O)n(C)c2c1. The third-order valence-corrected chi connectivity index (χ3v) is 2.77. The Morgan fingerprint density at radius 3 is 2.69 bits per heavy atom. The van der Waals surface area contributed by atoms with Gasteiger partial charge in [0.25, 0.3) is 0 Å². The minimum absolute atomic E-state index is 0.138. The van der Waals surface area contributed by atoms with Crippen molar-refractivity contribution in [1.29, 1.82) is 0 Å². The number of rotatable bonds is 2. The van der Waals surface area contributed by atoms with Gasteiger partial charge in [-0.15, -0.1) is 0 Å². The molecule has 0 radical (unpaired) electrons. The first-order valence-corrected chi connectivity index (χ1v) is 5.11. The van der Waals surface area contributed by atoms with Crippen LogP contribution in [0.2, 0.25) is 0 Å². The number of aryl methyl sites for hydroxylation is 1. The van der Waals surface area contributed by atoms with Crippen LogP contribution in [-0.2, 0) is 7.05 Å². The van der Waals surface area contributed by atoms with Gasteiger partial charge in [-0.2, -0.15) is 0 Å². The Labute approximate surface area is 92.6 Å². The number of fused-ring (bicyclic) bond motifs is 1. The van der Waals surface area contributed by atoms with Crippen molar-refractivity contribution in [3.8, 4) is 0 Å². The van der Waals surface area contributed by atoms with Crippen molar-refractivity contribution in [2.24, 2.45) is 18.5 Å². The number of hydrogen-bond acceptors (Lipinski definition) is 4. The van der Waals surface area contributed by atoms with E-state index in [2.05, 4.69) is 0 Å². The number of oxazole rings is 1. The third kappa shape index (κ3) is 1.64. The fraction of sp³-hybridized carbons (Fsp3) is 0.364. The van der Waals surface area contributed by atoms with Crippen molar-refractivity contribution < 1.29 is 4.42 Å². The Bertz CT molecular complexity index is 568. The highest BCUT2D eigenvalue weighted by Gasteiger charge is 2.13. The maximum absolute atomic E-state index is 11.3. The van der Waals surface area contributed by atoms with Crippen LogP contribution < -0.4 is 17.2 Å². The fourth-order valence-corrected chi connectivity index (χ4v) is 1.65. The van der Waals surface area contributed by atoms with Crippen LogP contribution in [0.3, 0.4) is 0 Å². The van der Waals surface area contributed by atoms with E-state index in [1.165, 1.54) is 4.57 Å². The van der Waals surface area contributed by atoms with Crippen LogP contribution in [0, 0.1) is 0 Å². The summed E-state index contributed by atoms with van der Waals surface area (Å²) in [5.74, 6) is -0.374. The Morgan fingerprint density at radius 2 is 2.06 bits per heavy atom. The molecule has 5 nitrogen and oxygen atoms in total. The number of nitrogens with zero attached hydrogens (tertiary/aromatic N) is 1. The van der Waals surface area contributed by atoms with Crippen LogP contribution >= 0.6 is 0 Å². The quantitative estimate of drug-likeness (QED) is 0.772. The molecule has 4 N–H and O–H groups in total. The first-order chi connectivity index (χ1) is 7.50. The van der Waals surface area contributed by atoms with E-state index < -0.39 is 0 Å². The van der Waals surface area contributed by atoms with Gasteiger partial charge in [-0.05, 0) is 24.6 Å². The second kappa shape index (κ2) is 3.77. The van der Waals surface area contributed by atoms with Gasteiger partial charge in [0.05, 0.1) is 5.52 Å². The van der Waals surface area contributed by atoms with Gasteiger partial charge in [0.15, 0.2) is 5.58 Å². The smallest absolute Gasteiger partial charge is 0.408 e. The molecule has 0 aliphatic carbocycles. The van der Waals surface area contributed by atoms with E-state index >= 15 is 0 Å². The third-order valence-electron chi connectivity index (χ3n) is 2.77. The lowest BCUT2D eigenvalue weighted by Gasteiger charge is -2.15. The Kier molecular flexibility index (Phi) is 2.57. The molecule has 1 aromatic heterocycles. The monoisotopic (exact) mass is 221 g/mol. The molecular formula is C11H15N3O2. The summed E-state index contributed by atoms with van der Waals surface area (Å²) in [5.41, 5.74) is 13.9. The lowest BCUT2D eigenvalue weighted by molar-refractivity contribution is 0.528. The molecule has 2 aromatic rings. The summed E-state index contributed by atoms with van der Waals surface area (Å²) in [6, 6.07) is 5.04. The summed E-state index contributed by atoms with van der Waals surface area (Å²) >= 11 is 0. The molecule has 2 rings (SSSR count). The summed E-state index contributed by atoms with van der Waals surface area (Å²) in [6.45, 7) is 1.85. The van der Waals surface area contributed by atoms with Crippen LogP contribution in [0.1, 0.15) is 18.5 Å². The molecule has 0 aliphatic rings. The maximum Gasteiger partial charge on any atom is 0.419 e. The Hall–Kier alpha value is -1.59. The molecular weight excluding hydrogens is 206 g/mol. The van der Waals surface area contributed by atoms with Crippen molar-refractivity contribution in [1.82, 2.24) is 4.57 Å². The van der Waals surface area contributed by atoms with Gasteiger partial charge in [-0.25, -0.2) is 4.79 Å². The zero-order valence-corrected chi connectivity index (χ0v) is 9.31. The number of aromatic nitrogens is 1. The van der Waals surface area contributed by atoms with Crippen LogP contribution in [-0.4, -0.2) is 10.6 Å². The predicted octanol–water partition coefficient (Wildman–Crippen LogP) is 0.479. The molecule has 16 heavy (non-hydrogen) atoms. The lowest BCUT2D eigenvalue weighted by Crippen LogP contribution is -2.31. The molecule has 0 spiro atoms. The number of nitrogens with two attached hydrogens (primary N) is 2. The molecule has 2 unspecified atom stereocenters. The van der Waals surface area contributed by atoms with Gasteiger partial charge in [-0.3, -0.25) is 4.57 Å². The highest BCUT2D eigenvalue weighted by Crippen LogP contribution is 2.19. The number of benzene rings is 1. The highest BCUT2D eigenvalue weighted by molar-refractivity contribution is 5.73. The van der Waals surface area contributed by atoms with Gasteiger partial charge < -0.3 is 15.9 Å². The lowest BCUT2D eigenvalue weighted by atomic mass is 10.0. The highest BCUT2D eigenvalue weighted by atomic mass is 16.4. The van der Waals surface area contributed by atoms with Gasteiger partial charge in [0.1, 0.15) is 0 Å². The molecule has 0 saturated heterocycles. The van der Waals surface area contributed by atoms with Gasteiger partial charge in [-0.1, -0.05) is 6.07 Å². The average molecular weight is 221 g/mol. The Morgan fingerprint density at radius 1 is 1.38 bits per heavy atom. The molecule has 0 saturated carbocycles. The Balaban J connectivity index is 2.59. The minimum atomic E-state index is -0.374. The van der Waals surface area contributed by atoms with E-state index in [4.69, 9.17) is 15.9 Å². The molecule has 0 fully saturated rings. The van der Waals surface area contributed by atoms with Gasteiger partial charge in [0.2, 0.25) is 0 Å². The predicted molar refractivity (Wildman–Crippen MR) is 62.0 cm³/mol. The molecule has 5 heteroatoms. The van der Waals surface area contributed by atoms with Gasteiger partial charge in [0, 0.05) is 19.1 Å². The second-order valence-corrected chi connectivity index (χ2v) is 4.04. The standard InChI is InChI=1S/C11H15N3O2/c1-6(12)10(13)7-3-4-9-8(5-7)14(2)11(15)16-9/h3-6,10H,12-13H2,1-2H3. The van der Waals surface area contributed by atoms with Crippen molar-refractivity contribution >= 4 is 11.1 Å². The van der Waals surface area contributed by atoms with Crippen LogP contribution in [0.4, 0.5) is 0 Å². The van der Waals surface area contributed by atoms with Crippen LogP contribution in [0.25, 0.3) is 11.1 Å². The van der Waals surface area contributed by atoms with Crippen molar-refractivity contribution in [3.63, 3.8) is 0 Å².